The number of benzene rings is 2. The van der Waals surface area contributed by atoms with Gasteiger partial charge in [-0.1, -0.05) is 42.0 Å². The van der Waals surface area contributed by atoms with Crippen molar-refractivity contribution >= 4 is 11.9 Å². The molecule has 5 nitrogen and oxygen atoms in total. The van der Waals surface area contributed by atoms with Gasteiger partial charge in [-0.3, -0.25) is 9.59 Å². The van der Waals surface area contributed by atoms with Gasteiger partial charge >= 0.3 is 5.97 Å². The molecule has 0 aromatic heterocycles. The Hall–Kier alpha value is -2.82. The molecule has 0 radical (unpaired) electrons. The van der Waals surface area contributed by atoms with Crippen molar-refractivity contribution in [2.45, 2.75) is 13.5 Å². The molecular formula is C18H19NO4. The topological polar surface area (TPSA) is 64.6 Å². The maximum Gasteiger partial charge on any atom is 0.325 e. The standard InChI is InChI=1S/C18H19NO4/c1-13-6-5-7-14(10-13)12-23-17(20)11-19-18(21)15-8-3-4-9-16(15)22-2/h3-10H,11-12H2,1-2H3,(H,19,21). The summed E-state index contributed by atoms with van der Waals surface area (Å²) in [5.41, 5.74) is 2.39. The Morgan fingerprint density at radius 1 is 1.09 bits per heavy atom. The Bertz CT molecular complexity index is 697. The smallest absolute Gasteiger partial charge is 0.325 e. The number of aryl methyl sites for hydroxylation is 1. The molecule has 0 spiro atoms. The molecular weight excluding hydrogens is 294 g/mol. The average molecular weight is 313 g/mol. The van der Waals surface area contributed by atoms with Gasteiger partial charge in [0.05, 0.1) is 12.7 Å². The molecule has 5 heteroatoms. The van der Waals surface area contributed by atoms with E-state index in [-0.39, 0.29) is 19.1 Å². The van der Waals surface area contributed by atoms with Crippen molar-refractivity contribution in [1.82, 2.24) is 5.32 Å². The Labute approximate surface area is 135 Å². The predicted molar refractivity (Wildman–Crippen MR) is 86.3 cm³/mol. The van der Waals surface area contributed by atoms with Crippen LogP contribution in [0.15, 0.2) is 48.5 Å². The van der Waals surface area contributed by atoms with Crippen molar-refractivity contribution < 1.29 is 19.1 Å². The van der Waals surface area contributed by atoms with Crippen LogP contribution in [0.1, 0.15) is 21.5 Å². The van der Waals surface area contributed by atoms with E-state index in [1.807, 2.05) is 31.2 Å². The molecule has 0 fully saturated rings. The van der Waals surface area contributed by atoms with Crippen LogP contribution >= 0.6 is 0 Å². The molecule has 0 atom stereocenters. The van der Waals surface area contributed by atoms with E-state index in [4.69, 9.17) is 9.47 Å². The number of hydrogen-bond acceptors (Lipinski definition) is 4. The minimum atomic E-state index is -0.491. The monoisotopic (exact) mass is 313 g/mol. The number of methoxy groups -OCH3 is 1. The molecule has 1 N–H and O–H groups in total. The van der Waals surface area contributed by atoms with E-state index in [9.17, 15) is 9.59 Å². The number of nitrogens with one attached hydrogen (secondary N) is 1. The van der Waals surface area contributed by atoms with E-state index in [1.165, 1.54) is 7.11 Å². The summed E-state index contributed by atoms with van der Waals surface area (Å²) in [5.74, 6) is -0.414. The highest BCUT2D eigenvalue weighted by atomic mass is 16.5. The van der Waals surface area contributed by atoms with Crippen LogP contribution in [0.4, 0.5) is 0 Å². The zero-order chi connectivity index (χ0) is 16.7. The first-order valence-corrected chi connectivity index (χ1v) is 7.22. The van der Waals surface area contributed by atoms with E-state index in [2.05, 4.69) is 5.32 Å². The molecule has 23 heavy (non-hydrogen) atoms. The minimum Gasteiger partial charge on any atom is -0.496 e. The SMILES string of the molecule is COc1ccccc1C(=O)NCC(=O)OCc1cccc(C)c1. The largest absolute Gasteiger partial charge is 0.496 e. The van der Waals surface area contributed by atoms with Crippen LogP contribution in [0.3, 0.4) is 0 Å². The molecule has 0 bridgehead atoms. The molecule has 0 aliphatic carbocycles. The number of rotatable bonds is 6. The number of carbonyl (C=O) groups is 2. The summed E-state index contributed by atoms with van der Waals surface area (Å²) in [6.45, 7) is 1.96. The summed E-state index contributed by atoms with van der Waals surface area (Å²) >= 11 is 0. The summed E-state index contributed by atoms with van der Waals surface area (Å²) in [6.07, 6.45) is 0. The molecule has 0 unspecified atom stereocenters. The lowest BCUT2D eigenvalue weighted by Gasteiger charge is -2.09. The Morgan fingerprint density at radius 3 is 2.61 bits per heavy atom. The van der Waals surface area contributed by atoms with Gasteiger partial charge in [0.15, 0.2) is 0 Å². The maximum absolute atomic E-state index is 12.0. The first kappa shape index (κ1) is 16.5. The van der Waals surface area contributed by atoms with Gasteiger partial charge in [0.1, 0.15) is 18.9 Å². The van der Waals surface area contributed by atoms with Gasteiger partial charge in [0, 0.05) is 0 Å². The summed E-state index contributed by atoms with van der Waals surface area (Å²) in [7, 11) is 1.49. The fourth-order valence-electron chi connectivity index (χ4n) is 2.10. The fourth-order valence-corrected chi connectivity index (χ4v) is 2.10. The average Bonchev–Trinajstić information content (AvgIpc) is 2.57. The number of hydrogen-bond donors (Lipinski definition) is 1. The molecule has 0 aliphatic heterocycles. The van der Waals surface area contributed by atoms with Gasteiger partial charge in [-0.15, -0.1) is 0 Å². The molecule has 0 saturated heterocycles. The molecule has 120 valence electrons. The van der Waals surface area contributed by atoms with Crippen molar-refractivity contribution in [3.63, 3.8) is 0 Å². The number of esters is 1. The highest BCUT2D eigenvalue weighted by molar-refractivity contribution is 5.98. The van der Waals surface area contributed by atoms with Gasteiger partial charge in [0.2, 0.25) is 0 Å². The Morgan fingerprint density at radius 2 is 1.87 bits per heavy atom. The molecule has 2 aromatic rings. The van der Waals surface area contributed by atoms with Crippen LogP contribution in [-0.4, -0.2) is 25.5 Å². The number of ether oxygens (including phenoxy) is 2. The van der Waals surface area contributed by atoms with Crippen molar-refractivity contribution in [3.05, 3.63) is 65.2 Å². The second-order valence-corrected chi connectivity index (χ2v) is 5.03. The normalized spacial score (nSPS) is 10.0. The van der Waals surface area contributed by atoms with Crippen LogP contribution in [0.2, 0.25) is 0 Å². The lowest BCUT2D eigenvalue weighted by molar-refractivity contribution is -0.143. The van der Waals surface area contributed by atoms with E-state index in [1.54, 1.807) is 24.3 Å². The van der Waals surface area contributed by atoms with Crippen LogP contribution in [0.5, 0.6) is 5.75 Å². The zero-order valence-corrected chi connectivity index (χ0v) is 13.2. The maximum atomic E-state index is 12.0. The fraction of sp³-hybridized carbons (Fsp3) is 0.222. The Balaban J connectivity index is 1.83. The first-order chi connectivity index (χ1) is 11.1. The van der Waals surface area contributed by atoms with Crippen LogP contribution in [0, 0.1) is 6.92 Å². The van der Waals surface area contributed by atoms with Crippen LogP contribution in [-0.2, 0) is 16.1 Å². The third kappa shape index (κ3) is 4.85. The molecule has 2 aromatic carbocycles. The summed E-state index contributed by atoms with van der Waals surface area (Å²) in [5, 5.41) is 2.53. The lowest BCUT2D eigenvalue weighted by atomic mass is 10.1. The molecule has 0 heterocycles. The van der Waals surface area contributed by atoms with Gasteiger partial charge < -0.3 is 14.8 Å². The van der Waals surface area contributed by atoms with Gasteiger partial charge in [-0.25, -0.2) is 0 Å². The van der Waals surface area contributed by atoms with Crippen LogP contribution in [0.25, 0.3) is 0 Å². The first-order valence-electron chi connectivity index (χ1n) is 7.22. The van der Waals surface area contributed by atoms with Crippen molar-refractivity contribution in [1.29, 1.82) is 0 Å². The highest BCUT2D eigenvalue weighted by Crippen LogP contribution is 2.16. The summed E-state index contributed by atoms with van der Waals surface area (Å²) < 4.78 is 10.3. The molecule has 0 saturated carbocycles. The summed E-state index contributed by atoms with van der Waals surface area (Å²) in [6, 6.07) is 14.5. The molecule has 1 amide bonds. The van der Waals surface area contributed by atoms with E-state index in [0.29, 0.717) is 11.3 Å². The zero-order valence-electron chi connectivity index (χ0n) is 13.2. The number of amides is 1. The molecule has 2 rings (SSSR count). The quantitative estimate of drug-likeness (QED) is 0.832. The third-order valence-electron chi connectivity index (χ3n) is 3.23. The van der Waals surface area contributed by atoms with Crippen LogP contribution < -0.4 is 10.1 Å². The minimum absolute atomic E-state index is 0.186. The number of carbonyl (C=O) groups excluding carboxylic acids is 2. The number of para-hydroxylation sites is 1. The third-order valence-corrected chi connectivity index (χ3v) is 3.23. The summed E-state index contributed by atoms with van der Waals surface area (Å²) in [4.78, 5) is 23.8. The van der Waals surface area contributed by atoms with Gasteiger partial charge in [0.25, 0.3) is 5.91 Å². The van der Waals surface area contributed by atoms with Crippen molar-refractivity contribution in [2.24, 2.45) is 0 Å². The van der Waals surface area contributed by atoms with Gasteiger partial charge in [-0.05, 0) is 24.6 Å². The highest BCUT2D eigenvalue weighted by Gasteiger charge is 2.13. The second-order valence-electron chi connectivity index (χ2n) is 5.03. The predicted octanol–water partition coefficient (Wildman–Crippen LogP) is 2.48. The second kappa shape index (κ2) is 7.98. The Kier molecular flexibility index (Phi) is 5.74. The van der Waals surface area contributed by atoms with E-state index < -0.39 is 5.97 Å². The van der Waals surface area contributed by atoms with Crippen molar-refractivity contribution in [2.75, 3.05) is 13.7 Å². The van der Waals surface area contributed by atoms with E-state index in [0.717, 1.165) is 11.1 Å². The van der Waals surface area contributed by atoms with Crippen molar-refractivity contribution in [3.8, 4) is 5.75 Å². The molecule has 0 aliphatic rings. The van der Waals surface area contributed by atoms with E-state index >= 15 is 0 Å². The van der Waals surface area contributed by atoms with Gasteiger partial charge in [-0.2, -0.15) is 0 Å². The lowest BCUT2D eigenvalue weighted by Crippen LogP contribution is -2.30.